The van der Waals surface area contributed by atoms with Crippen LogP contribution in [-0.4, -0.2) is 80.4 Å². The molecule has 0 bridgehead atoms. The smallest absolute Gasteiger partial charge is 0.237 e. The number of aryl methyl sites for hydroxylation is 1. The van der Waals surface area contributed by atoms with Gasteiger partial charge in [-0.15, -0.1) is 0 Å². The zero-order valence-electron chi connectivity index (χ0n) is 17.3. The third-order valence-corrected chi connectivity index (χ3v) is 7.89. The summed E-state index contributed by atoms with van der Waals surface area (Å²) in [6, 6.07) is 8.31. The van der Waals surface area contributed by atoms with Gasteiger partial charge in [-0.25, -0.2) is 8.42 Å². The van der Waals surface area contributed by atoms with Crippen molar-refractivity contribution in [3.63, 3.8) is 0 Å². The van der Waals surface area contributed by atoms with E-state index in [0.29, 0.717) is 13.0 Å². The van der Waals surface area contributed by atoms with Crippen molar-refractivity contribution in [2.75, 3.05) is 49.1 Å². The molecule has 0 spiro atoms. The minimum Gasteiger partial charge on any atom is -0.369 e. The molecule has 0 aliphatic carbocycles. The molecule has 0 aromatic heterocycles. The Morgan fingerprint density at radius 1 is 1.21 bits per heavy atom. The summed E-state index contributed by atoms with van der Waals surface area (Å²) < 4.78 is 23.8. The Bertz CT molecular complexity index is 788. The Labute approximate surface area is 169 Å². The third kappa shape index (κ3) is 4.87. The van der Waals surface area contributed by atoms with E-state index in [-0.39, 0.29) is 29.5 Å². The number of amides is 1. The van der Waals surface area contributed by atoms with Gasteiger partial charge in [-0.3, -0.25) is 9.69 Å². The standard InChI is InChI=1S/C21H33N3O3S/c1-4-18(3)24(19-9-14-28(26,27)16-19)21(25)15-22-10-12-23(13-11-22)20-8-6-5-7-17(20)2/h5-8,18-19H,4,9-16H2,1-3H3/t18-,19+/m1/s1. The zero-order valence-corrected chi connectivity index (χ0v) is 18.1. The van der Waals surface area contributed by atoms with Crippen molar-refractivity contribution >= 4 is 21.4 Å². The number of piperazine rings is 1. The molecule has 3 rings (SSSR count). The lowest BCUT2D eigenvalue weighted by atomic mass is 10.1. The fourth-order valence-electron chi connectivity index (χ4n) is 4.34. The van der Waals surface area contributed by atoms with E-state index < -0.39 is 9.84 Å². The summed E-state index contributed by atoms with van der Waals surface area (Å²) in [5, 5.41) is 0. The van der Waals surface area contributed by atoms with Crippen LogP contribution in [0.4, 0.5) is 5.69 Å². The molecule has 2 atom stereocenters. The van der Waals surface area contributed by atoms with Crippen LogP contribution in [0.1, 0.15) is 32.3 Å². The molecular weight excluding hydrogens is 374 g/mol. The maximum absolute atomic E-state index is 13.1. The molecule has 1 amide bonds. The van der Waals surface area contributed by atoms with Gasteiger partial charge in [0.15, 0.2) is 9.84 Å². The molecule has 156 valence electrons. The van der Waals surface area contributed by atoms with Crippen molar-refractivity contribution in [3.05, 3.63) is 29.8 Å². The van der Waals surface area contributed by atoms with Crippen LogP contribution >= 0.6 is 0 Å². The topological polar surface area (TPSA) is 60.9 Å². The summed E-state index contributed by atoms with van der Waals surface area (Å²) in [5.41, 5.74) is 2.54. The van der Waals surface area contributed by atoms with E-state index in [2.05, 4.69) is 47.9 Å². The first kappa shape index (κ1) is 21.1. The maximum Gasteiger partial charge on any atom is 0.237 e. The lowest BCUT2D eigenvalue weighted by Crippen LogP contribution is -2.53. The van der Waals surface area contributed by atoms with E-state index >= 15 is 0 Å². The van der Waals surface area contributed by atoms with E-state index in [1.807, 2.05) is 11.8 Å². The molecule has 2 saturated heterocycles. The highest BCUT2D eigenvalue weighted by Gasteiger charge is 2.37. The first-order valence-corrected chi connectivity index (χ1v) is 12.2. The zero-order chi connectivity index (χ0) is 20.3. The number of benzene rings is 1. The second-order valence-electron chi connectivity index (χ2n) is 8.16. The van der Waals surface area contributed by atoms with Crippen LogP contribution in [0.25, 0.3) is 0 Å². The molecule has 2 aliphatic rings. The number of rotatable bonds is 6. The number of anilines is 1. The largest absolute Gasteiger partial charge is 0.369 e. The van der Waals surface area contributed by atoms with Crippen LogP contribution in [0.3, 0.4) is 0 Å². The number of carbonyl (C=O) groups is 1. The average molecular weight is 408 g/mol. The monoisotopic (exact) mass is 407 g/mol. The van der Waals surface area contributed by atoms with E-state index in [4.69, 9.17) is 0 Å². The number of sulfone groups is 1. The van der Waals surface area contributed by atoms with Crippen molar-refractivity contribution < 1.29 is 13.2 Å². The summed E-state index contributed by atoms with van der Waals surface area (Å²) in [6.07, 6.45) is 1.41. The number of para-hydroxylation sites is 1. The minimum atomic E-state index is -3.01. The van der Waals surface area contributed by atoms with Crippen molar-refractivity contribution in [3.8, 4) is 0 Å². The molecule has 7 heteroatoms. The lowest BCUT2D eigenvalue weighted by Gasteiger charge is -2.39. The first-order valence-electron chi connectivity index (χ1n) is 10.3. The van der Waals surface area contributed by atoms with Crippen molar-refractivity contribution in [2.24, 2.45) is 0 Å². The highest BCUT2D eigenvalue weighted by molar-refractivity contribution is 7.91. The molecule has 0 unspecified atom stereocenters. The second-order valence-corrected chi connectivity index (χ2v) is 10.4. The van der Waals surface area contributed by atoms with Crippen LogP contribution in [0.15, 0.2) is 24.3 Å². The summed E-state index contributed by atoms with van der Waals surface area (Å²) >= 11 is 0. The van der Waals surface area contributed by atoms with Crippen LogP contribution in [0.5, 0.6) is 0 Å². The van der Waals surface area contributed by atoms with Gasteiger partial charge < -0.3 is 9.80 Å². The van der Waals surface area contributed by atoms with Crippen molar-refractivity contribution in [2.45, 2.75) is 45.7 Å². The predicted octanol–water partition coefficient (Wildman–Crippen LogP) is 1.93. The molecule has 1 aromatic carbocycles. The summed E-state index contributed by atoms with van der Waals surface area (Å²) in [4.78, 5) is 19.5. The Balaban J connectivity index is 1.59. The molecule has 0 radical (unpaired) electrons. The van der Waals surface area contributed by atoms with Gasteiger partial charge in [0.05, 0.1) is 18.1 Å². The maximum atomic E-state index is 13.1. The Hall–Kier alpha value is -1.60. The number of carbonyl (C=O) groups excluding carboxylic acids is 1. The molecule has 28 heavy (non-hydrogen) atoms. The highest BCUT2D eigenvalue weighted by atomic mass is 32.2. The highest BCUT2D eigenvalue weighted by Crippen LogP contribution is 2.23. The quantitative estimate of drug-likeness (QED) is 0.721. The minimum absolute atomic E-state index is 0.0686. The van der Waals surface area contributed by atoms with Gasteiger partial charge >= 0.3 is 0 Å². The van der Waals surface area contributed by atoms with Gasteiger partial charge in [-0.1, -0.05) is 25.1 Å². The molecule has 2 aliphatic heterocycles. The number of hydrogen-bond donors (Lipinski definition) is 0. The van der Waals surface area contributed by atoms with Gasteiger partial charge in [0.25, 0.3) is 0 Å². The predicted molar refractivity (Wildman–Crippen MR) is 113 cm³/mol. The summed E-state index contributed by atoms with van der Waals surface area (Å²) in [6.45, 7) is 10.1. The SMILES string of the molecule is CC[C@@H](C)N(C(=O)CN1CCN(c2ccccc2C)CC1)[C@H]1CCS(=O)(=O)C1. The van der Waals surface area contributed by atoms with Crippen molar-refractivity contribution in [1.29, 1.82) is 0 Å². The van der Waals surface area contributed by atoms with Gasteiger partial charge in [-0.2, -0.15) is 0 Å². The average Bonchev–Trinajstić information content (AvgIpc) is 3.02. The third-order valence-electron chi connectivity index (χ3n) is 6.14. The lowest BCUT2D eigenvalue weighted by molar-refractivity contribution is -0.136. The molecule has 6 nitrogen and oxygen atoms in total. The Morgan fingerprint density at radius 2 is 1.89 bits per heavy atom. The van der Waals surface area contributed by atoms with Crippen LogP contribution in [0.2, 0.25) is 0 Å². The molecule has 1 aromatic rings. The molecule has 0 N–H and O–H groups in total. The van der Waals surface area contributed by atoms with E-state index in [1.165, 1.54) is 11.3 Å². The molecule has 2 fully saturated rings. The van der Waals surface area contributed by atoms with Gasteiger partial charge in [0.2, 0.25) is 5.91 Å². The second kappa shape index (κ2) is 8.82. The Morgan fingerprint density at radius 3 is 2.46 bits per heavy atom. The van der Waals surface area contributed by atoms with Gasteiger partial charge in [0, 0.05) is 44.0 Å². The first-order chi connectivity index (χ1) is 13.3. The normalized spacial score (nSPS) is 23.5. The van der Waals surface area contributed by atoms with Crippen LogP contribution in [-0.2, 0) is 14.6 Å². The fourth-order valence-corrected chi connectivity index (χ4v) is 6.05. The Kier molecular flexibility index (Phi) is 6.65. The van der Waals surface area contributed by atoms with Crippen LogP contribution in [0, 0.1) is 6.92 Å². The van der Waals surface area contributed by atoms with E-state index in [9.17, 15) is 13.2 Å². The number of hydrogen-bond acceptors (Lipinski definition) is 5. The molecule has 2 heterocycles. The summed E-state index contributed by atoms with van der Waals surface area (Å²) in [5.74, 6) is 0.387. The van der Waals surface area contributed by atoms with Crippen molar-refractivity contribution in [1.82, 2.24) is 9.80 Å². The fraction of sp³-hybridized carbons (Fsp3) is 0.667. The number of nitrogens with zero attached hydrogens (tertiary/aromatic N) is 3. The van der Waals surface area contributed by atoms with E-state index in [0.717, 1.165) is 32.6 Å². The summed E-state index contributed by atoms with van der Waals surface area (Å²) in [7, 11) is -3.01. The van der Waals surface area contributed by atoms with Crippen LogP contribution < -0.4 is 4.90 Å². The molecule has 0 saturated carbocycles. The van der Waals surface area contributed by atoms with Gasteiger partial charge in [0.1, 0.15) is 0 Å². The molecular formula is C21H33N3O3S. The van der Waals surface area contributed by atoms with E-state index in [1.54, 1.807) is 0 Å². The van der Waals surface area contributed by atoms with Gasteiger partial charge in [-0.05, 0) is 38.3 Å².